The molecule has 25 heavy (non-hydrogen) atoms. The van der Waals surface area contributed by atoms with Gasteiger partial charge in [0.2, 0.25) is 5.91 Å². The number of amides is 1. The third-order valence-electron chi connectivity index (χ3n) is 4.75. The number of carbonyl (C=O) groups is 1. The predicted octanol–water partition coefficient (Wildman–Crippen LogP) is 4.19. The van der Waals surface area contributed by atoms with Gasteiger partial charge in [0.05, 0.1) is 8.80 Å². The van der Waals surface area contributed by atoms with Crippen LogP contribution in [0.3, 0.4) is 0 Å². The van der Waals surface area contributed by atoms with E-state index < -0.39 is 8.80 Å². The Morgan fingerprint density at radius 1 is 0.920 bits per heavy atom. The van der Waals surface area contributed by atoms with E-state index in [1.54, 1.807) is 0 Å². The molecule has 0 fully saturated rings. The SMILES string of the molecule is CC(C)[SiH](c1cccc(CCC(=O)NCc2ccccc2)c1)C(C)C. The Morgan fingerprint density at radius 2 is 1.56 bits per heavy atom. The molecule has 2 aromatic carbocycles. The molecule has 0 aliphatic carbocycles. The average Bonchev–Trinajstić information content (AvgIpc) is 2.59. The van der Waals surface area contributed by atoms with Crippen molar-refractivity contribution in [3.63, 3.8) is 0 Å². The van der Waals surface area contributed by atoms with Crippen LogP contribution in [0.1, 0.15) is 45.2 Å². The van der Waals surface area contributed by atoms with Crippen LogP contribution in [0.5, 0.6) is 0 Å². The van der Waals surface area contributed by atoms with Gasteiger partial charge in [-0.2, -0.15) is 0 Å². The first kappa shape index (κ1) is 19.5. The molecule has 0 radical (unpaired) electrons. The standard InChI is InChI=1S/C22H31NOSi/c1-17(2)25(18(3)4)21-12-8-11-19(15-21)13-14-22(24)23-16-20-9-6-5-7-10-20/h5-12,15,17-18,25H,13-14,16H2,1-4H3,(H,23,24). The third-order valence-corrected chi connectivity index (χ3v) is 8.75. The lowest BCUT2D eigenvalue weighted by Gasteiger charge is -2.24. The summed E-state index contributed by atoms with van der Waals surface area (Å²) in [4.78, 5) is 12.1. The molecule has 0 bridgehead atoms. The van der Waals surface area contributed by atoms with E-state index in [2.05, 4.69) is 57.3 Å². The van der Waals surface area contributed by atoms with E-state index in [-0.39, 0.29) is 5.91 Å². The Kier molecular flexibility index (Phi) is 7.45. The molecule has 2 rings (SSSR count). The summed E-state index contributed by atoms with van der Waals surface area (Å²) in [7, 11) is -0.971. The van der Waals surface area contributed by atoms with Crippen molar-refractivity contribution in [3.8, 4) is 0 Å². The molecule has 0 unspecified atom stereocenters. The molecule has 0 saturated heterocycles. The maximum atomic E-state index is 12.1. The molecule has 0 aliphatic heterocycles. The van der Waals surface area contributed by atoms with Crippen LogP contribution in [0, 0.1) is 0 Å². The minimum atomic E-state index is -0.971. The second kappa shape index (κ2) is 9.57. The maximum absolute atomic E-state index is 12.1. The van der Waals surface area contributed by atoms with Crippen LogP contribution in [0.15, 0.2) is 54.6 Å². The molecule has 0 saturated carbocycles. The zero-order chi connectivity index (χ0) is 18.2. The second-order valence-electron chi connectivity index (χ2n) is 7.52. The number of hydrogen-bond donors (Lipinski definition) is 1. The van der Waals surface area contributed by atoms with Crippen LogP contribution in [0.25, 0.3) is 0 Å². The molecule has 0 spiro atoms. The minimum absolute atomic E-state index is 0.121. The van der Waals surface area contributed by atoms with Crippen molar-refractivity contribution < 1.29 is 4.79 Å². The number of nitrogens with one attached hydrogen (secondary N) is 1. The predicted molar refractivity (Wildman–Crippen MR) is 110 cm³/mol. The van der Waals surface area contributed by atoms with Crippen molar-refractivity contribution >= 4 is 19.9 Å². The van der Waals surface area contributed by atoms with E-state index in [1.807, 2.05) is 30.3 Å². The summed E-state index contributed by atoms with van der Waals surface area (Å²) < 4.78 is 0. The van der Waals surface area contributed by atoms with E-state index >= 15 is 0 Å². The molecule has 3 heteroatoms. The first-order valence-electron chi connectivity index (χ1n) is 9.37. The van der Waals surface area contributed by atoms with Gasteiger partial charge in [0.1, 0.15) is 0 Å². The Labute approximate surface area is 154 Å². The summed E-state index contributed by atoms with van der Waals surface area (Å²) >= 11 is 0. The van der Waals surface area contributed by atoms with Gasteiger partial charge >= 0.3 is 0 Å². The van der Waals surface area contributed by atoms with Crippen LogP contribution in [0.4, 0.5) is 0 Å². The van der Waals surface area contributed by atoms with Gasteiger partial charge in [-0.3, -0.25) is 4.79 Å². The molecule has 0 aliphatic rings. The van der Waals surface area contributed by atoms with Gasteiger partial charge in [0.15, 0.2) is 0 Å². The molecular weight excluding hydrogens is 322 g/mol. The molecule has 0 atom stereocenters. The van der Waals surface area contributed by atoms with Gasteiger partial charge in [-0.15, -0.1) is 0 Å². The highest BCUT2D eigenvalue weighted by molar-refractivity contribution is 6.75. The highest BCUT2D eigenvalue weighted by Crippen LogP contribution is 2.20. The van der Waals surface area contributed by atoms with Gasteiger partial charge in [-0.05, 0) is 28.6 Å². The summed E-state index contributed by atoms with van der Waals surface area (Å²) in [5, 5.41) is 4.55. The molecule has 1 amide bonds. The minimum Gasteiger partial charge on any atom is -0.352 e. The van der Waals surface area contributed by atoms with Crippen LogP contribution < -0.4 is 10.5 Å². The van der Waals surface area contributed by atoms with Crippen LogP contribution in [-0.4, -0.2) is 14.7 Å². The normalized spacial score (nSPS) is 11.3. The maximum Gasteiger partial charge on any atom is 0.220 e. The summed E-state index contributed by atoms with van der Waals surface area (Å²) in [6, 6.07) is 19.0. The first-order chi connectivity index (χ1) is 12.0. The second-order valence-corrected chi connectivity index (χ2v) is 11.9. The fraction of sp³-hybridized carbons (Fsp3) is 0.409. The highest BCUT2D eigenvalue weighted by atomic mass is 28.3. The molecule has 0 heterocycles. The zero-order valence-corrected chi connectivity index (χ0v) is 17.1. The zero-order valence-electron chi connectivity index (χ0n) is 16.0. The smallest absolute Gasteiger partial charge is 0.220 e. The molecular formula is C22H31NOSi. The quantitative estimate of drug-likeness (QED) is 0.708. The number of aryl methyl sites for hydroxylation is 1. The summed E-state index contributed by atoms with van der Waals surface area (Å²) in [5.41, 5.74) is 3.93. The fourth-order valence-corrected chi connectivity index (χ4v) is 7.46. The number of benzene rings is 2. The Bertz CT molecular complexity index is 659. The third kappa shape index (κ3) is 6.17. The molecule has 1 N–H and O–H groups in total. The lowest BCUT2D eigenvalue weighted by atomic mass is 10.1. The molecule has 0 aromatic heterocycles. The number of carbonyl (C=O) groups excluding carboxylic acids is 1. The molecule has 2 aromatic rings. The average molecular weight is 354 g/mol. The summed E-state index contributed by atoms with van der Waals surface area (Å²) in [5.74, 6) is 0.121. The van der Waals surface area contributed by atoms with Crippen LogP contribution in [0.2, 0.25) is 11.1 Å². The van der Waals surface area contributed by atoms with E-state index in [4.69, 9.17) is 0 Å². The van der Waals surface area contributed by atoms with E-state index in [0.717, 1.165) is 23.1 Å². The van der Waals surface area contributed by atoms with Crippen molar-refractivity contribution in [2.24, 2.45) is 0 Å². The molecule has 2 nitrogen and oxygen atoms in total. The highest BCUT2D eigenvalue weighted by Gasteiger charge is 2.21. The number of hydrogen-bond acceptors (Lipinski definition) is 1. The summed E-state index contributed by atoms with van der Waals surface area (Å²) in [6.45, 7) is 10.00. The first-order valence-corrected chi connectivity index (χ1v) is 11.3. The van der Waals surface area contributed by atoms with Crippen molar-refractivity contribution in [1.82, 2.24) is 5.32 Å². The Balaban J connectivity index is 1.90. The van der Waals surface area contributed by atoms with Crippen molar-refractivity contribution in [3.05, 3.63) is 65.7 Å². The van der Waals surface area contributed by atoms with Gasteiger partial charge < -0.3 is 5.32 Å². The fourth-order valence-electron chi connectivity index (χ4n) is 3.64. The monoisotopic (exact) mass is 353 g/mol. The largest absolute Gasteiger partial charge is 0.352 e. The van der Waals surface area contributed by atoms with Crippen molar-refractivity contribution in [2.75, 3.05) is 0 Å². The van der Waals surface area contributed by atoms with E-state index in [0.29, 0.717) is 13.0 Å². The van der Waals surface area contributed by atoms with Gasteiger partial charge in [0, 0.05) is 13.0 Å². The Morgan fingerprint density at radius 3 is 2.20 bits per heavy atom. The molecule has 134 valence electrons. The van der Waals surface area contributed by atoms with Crippen molar-refractivity contribution in [1.29, 1.82) is 0 Å². The van der Waals surface area contributed by atoms with Gasteiger partial charge in [0.25, 0.3) is 0 Å². The van der Waals surface area contributed by atoms with Gasteiger partial charge in [-0.1, -0.05) is 87.5 Å². The topological polar surface area (TPSA) is 29.1 Å². The van der Waals surface area contributed by atoms with E-state index in [9.17, 15) is 4.79 Å². The van der Waals surface area contributed by atoms with Crippen LogP contribution in [-0.2, 0) is 17.8 Å². The van der Waals surface area contributed by atoms with Crippen molar-refractivity contribution in [2.45, 2.75) is 58.2 Å². The van der Waals surface area contributed by atoms with Crippen LogP contribution >= 0.6 is 0 Å². The summed E-state index contributed by atoms with van der Waals surface area (Å²) in [6.07, 6.45) is 1.36. The lowest BCUT2D eigenvalue weighted by molar-refractivity contribution is -0.121. The Hall–Kier alpha value is -1.87. The number of rotatable bonds is 8. The lowest BCUT2D eigenvalue weighted by Crippen LogP contribution is -2.36. The van der Waals surface area contributed by atoms with Gasteiger partial charge in [-0.25, -0.2) is 0 Å². The van der Waals surface area contributed by atoms with E-state index in [1.165, 1.54) is 10.8 Å².